The molecule has 0 spiro atoms. The second-order valence-corrected chi connectivity index (χ2v) is 4.14. The number of rotatable bonds is 1. The van der Waals surface area contributed by atoms with Crippen LogP contribution >= 0.6 is 0 Å². The van der Waals surface area contributed by atoms with Crippen molar-refractivity contribution >= 4 is 5.69 Å². The van der Waals surface area contributed by atoms with E-state index in [-0.39, 0.29) is 0 Å². The first kappa shape index (κ1) is 12.2. The van der Waals surface area contributed by atoms with Gasteiger partial charge in [0.2, 0.25) is 0 Å². The SMILES string of the molecule is FC(F)(F)c1cccc(N2CCCNCC2)c1. The van der Waals surface area contributed by atoms with Crippen LogP contribution < -0.4 is 10.2 Å². The molecular formula is C12H15F3N2. The van der Waals surface area contributed by atoms with Gasteiger partial charge in [-0.25, -0.2) is 0 Å². The van der Waals surface area contributed by atoms with Crippen molar-refractivity contribution in [2.24, 2.45) is 0 Å². The Morgan fingerprint density at radius 3 is 2.71 bits per heavy atom. The fraction of sp³-hybridized carbons (Fsp3) is 0.500. The van der Waals surface area contributed by atoms with Crippen molar-refractivity contribution in [3.05, 3.63) is 29.8 Å². The molecule has 0 unspecified atom stereocenters. The van der Waals surface area contributed by atoms with Gasteiger partial charge in [-0.15, -0.1) is 0 Å². The van der Waals surface area contributed by atoms with Crippen LogP contribution in [0.5, 0.6) is 0 Å². The summed E-state index contributed by atoms with van der Waals surface area (Å²) in [6.45, 7) is 3.29. The maximum Gasteiger partial charge on any atom is 0.416 e. The van der Waals surface area contributed by atoms with Crippen molar-refractivity contribution in [1.82, 2.24) is 5.32 Å². The molecule has 0 aromatic heterocycles. The lowest BCUT2D eigenvalue weighted by Gasteiger charge is -2.23. The van der Waals surface area contributed by atoms with Gasteiger partial charge in [0.05, 0.1) is 5.56 Å². The summed E-state index contributed by atoms with van der Waals surface area (Å²) in [7, 11) is 0. The quantitative estimate of drug-likeness (QED) is 0.816. The van der Waals surface area contributed by atoms with Gasteiger partial charge in [-0.05, 0) is 31.2 Å². The van der Waals surface area contributed by atoms with Crippen LogP contribution in [0.4, 0.5) is 18.9 Å². The fourth-order valence-electron chi connectivity index (χ4n) is 1.98. The minimum absolute atomic E-state index is 0.577. The highest BCUT2D eigenvalue weighted by Gasteiger charge is 2.30. The van der Waals surface area contributed by atoms with E-state index in [0.717, 1.165) is 38.7 Å². The number of nitrogens with zero attached hydrogens (tertiary/aromatic N) is 1. The van der Waals surface area contributed by atoms with Gasteiger partial charge in [0.15, 0.2) is 0 Å². The molecule has 94 valence electrons. The maximum absolute atomic E-state index is 12.6. The van der Waals surface area contributed by atoms with E-state index in [0.29, 0.717) is 5.69 Å². The number of anilines is 1. The van der Waals surface area contributed by atoms with Crippen molar-refractivity contribution < 1.29 is 13.2 Å². The Labute approximate surface area is 98.4 Å². The number of hydrogen-bond donors (Lipinski definition) is 1. The first-order valence-electron chi connectivity index (χ1n) is 5.70. The van der Waals surface area contributed by atoms with Gasteiger partial charge in [-0.3, -0.25) is 0 Å². The molecule has 0 aliphatic carbocycles. The smallest absolute Gasteiger partial charge is 0.370 e. The Balaban J connectivity index is 2.20. The van der Waals surface area contributed by atoms with E-state index in [1.165, 1.54) is 12.1 Å². The molecule has 17 heavy (non-hydrogen) atoms. The minimum atomic E-state index is -4.26. The summed E-state index contributed by atoms with van der Waals surface area (Å²) in [5.41, 5.74) is 0.0794. The van der Waals surface area contributed by atoms with Gasteiger partial charge in [0.1, 0.15) is 0 Å². The van der Waals surface area contributed by atoms with Crippen LogP contribution in [-0.4, -0.2) is 26.2 Å². The predicted molar refractivity (Wildman–Crippen MR) is 61.1 cm³/mol. The molecule has 0 amide bonds. The minimum Gasteiger partial charge on any atom is -0.370 e. The molecule has 1 heterocycles. The van der Waals surface area contributed by atoms with Crippen LogP contribution in [0.15, 0.2) is 24.3 Å². The Bertz CT molecular complexity index is 368. The van der Waals surface area contributed by atoms with E-state index in [2.05, 4.69) is 5.32 Å². The molecule has 1 aliphatic heterocycles. The van der Waals surface area contributed by atoms with Crippen molar-refractivity contribution in [2.75, 3.05) is 31.1 Å². The lowest BCUT2D eigenvalue weighted by atomic mass is 10.1. The molecule has 0 bridgehead atoms. The first-order chi connectivity index (χ1) is 8.07. The van der Waals surface area contributed by atoms with Gasteiger partial charge < -0.3 is 10.2 Å². The average molecular weight is 244 g/mol. The maximum atomic E-state index is 12.6. The van der Waals surface area contributed by atoms with Crippen molar-refractivity contribution in [1.29, 1.82) is 0 Å². The normalized spacial score (nSPS) is 17.9. The van der Waals surface area contributed by atoms with Gasteiger partial charge >= 0.3 is 6.18 Å². The van der Waals surface area contributed by atoms with Crippen molar-refractivity contribution in [3.63, 3.8) is 0 Å². The second-order valence-electron chi connectivity index (χ2n) is 4.14. The third-order valence-corrected chi connectivity index (χ3v) is 2.88. The van der Waals surface area contributed by atoms with Crippen LogP contribution in [0.1, 0.15) is 12.0 Å². The molecular weight excluding hydrogens is 229 g/mol. The van der Waals surface area contributed by atoms with Crippen molar-refractivity contribution in [2.45, 2.75) is 12.6 Å². The van der Waals surface area contributed by atoms with E-state index in [4.69, 9.17) is 0 Å². The highest BCUT2D eigenvalue weighted by atomic mass is 19.4. The lowest BCUT2D eigenvalue weighted by Crippen LogP contribution is -2.28. The van der Waals surface area contributed by atoms with Crippen LogP contribution in [0, 0.1) is 0 Å². The average Bonchev–Trinajstić information content (AvgIpc) is 2.56. The summed E-state index contributed by atoms with van der Waals surface area (Å²) in [4.78, 5) is 2.00. The standard InChI is InChI=1S/C12H15F3N2/c13-12(14,15)10-3-1-4-11(9-10)17-7-2-5-16-6-8-17/h1,3-4,9,16H,2,5-8H2. The van der Waals surface area contributed by atoms with Gasteiger partial charge in [0.25, 0.3) is 0 Å². The Morgan fingerprint density at radius 1 is 1.12 bits per heavy atom. The van der Waals surface area contributed by atoms with Crippen LogP contribution in [0.3, 0.4) is 0 Å². The van der Waals surface area contributed by atoms with Gasteiger partial charge in [-0.1, -0.05) is 6.07 Å². The highest BCUT2D eigenvalue weighted by molar-refractivity contribution is 5.49. The Kier molecular flexibility index (Phi) is 3.57. The lowest BCUT2D eigenvalue weighted by molar-refractivity contribution is -0.137. The molecule has 1 saturated heterocycles. The molecule has 1 aliphatic rings. The van der Waals surface area contributed by atoms with Crippen LogP contribution in [0.2, 0.25) is 0 Å². The molecule has 5 heteroatoms. The number of benzene rings is 1. The molecule has 2 nitrogen and oxygen atoms in total. The molecule has 0 radical (unpaired) electrons. The zero-order valence-corrected chi connectivity index (χ0v) is 9.43. The summed E-state index contributed by atoms with van der Waals surface area (Å²) < 4.78 is 37.8. The number of hydrogen-bond acceptors (Lipinski definition) is 2. The summed E-state index contributed by atoms with van der Waals surface area (Å²) in [6, 6.07) is 5.54. The second kappa shape index (κ2) is 4.96. The topological polar surface area (TPSA) is 15.3 Å². The molecule has 1 aromatic carbocycles. The molecule has 0 saturated carbocycles. The van der Waals surface area contributed by atoms with Crippen molar-refractivity contribution in [3.8, 4) is 0 Å². The largest absolute Gasteiger partial charge is 0.416 e. The third-order valence-electron chi connectivity index (χ3n) is 2.88. The van der Waals surface area contributed by atoms with E-state index in [1.54, 1.807) is 6.07 Å². The summed E-state index contributed by atoms with van der Waals surface area (Å²) >= 11 is 0. The molecule has 1 fully saturated rings. The Hall–Kier alpha value is -1.23. The van der Waals surface area contributed by atoms with E-state index < -0.39 is 11.7 Å². The van der Waals surface area contributed by atoms with E-state index in [1.807, 2.05) is 4.90 Å². The van der Waals surface area contributed by atoms with Gasteiger partial charge in [-0.2, -0.15) is 13.2 Å². The number of halogens is 3. The number of alkyl halides is 3. The van der Waals surface area contributed by atoms with Gasteiger partial charge in [0, 0.05) is 25.3 Å². The predicted octanol–water partition coefficient (Wildman–Crippen LogP) is 2.51. The first-order valence-corrected chi connectivity index (χ1v) is 5.70. The fourth-order valence-corrected chi connectivity index (χ4v) is 1.98. The highest BCUT2D eigenvalue weighted by Crippen LogP contribution is 2.31. The summed E-state index contributed by atoms with van der Waals surface area (Å²) in [5, 5.41) is 3.23. The molecule has 1 aromatic rings. The zero-order valence-electron chi connectivity index (χ0n) is 9.43. The molecule has 1 N–H and O–H groups in total. The molecule has 0 atom stereocenters. The summed E-state index contributed by atoms with van der Waals surface area (Å²) in [6.07, 6.45) is -3.31. The Morgan fingerprint density at radius 2 is 1.94 bits per heavy atom. The van der Waals surface area contributed by atoms with E-state index >= 15 is 0 Å². The monoisotopic (exact) mass is 244 g/mol. The number of nitrogens with one attached hydrogen (secondary N) is 1. The van der Waals surface area contributed by atoms with Crippen LogP contribution in [0.25, 0.3) is 0 Å². The summed E-state index contributed by atoms with van der Waals surface area (Å²) in [5.74, 6) is 0. The third kappa shape index (κ3) is 3.12. The van der Waals surface area contributed by atoms with Crippen LogP contribution in [-0.2, 0) is 6.18 Å². The van der Waals surface area contributed by atoms with E-state index in [9.17, 15) is 13.2 Å². The molecule has 2 rings (SSSR count). The zero-order chi connectivity index (χ0) is 12.3.